The van der Waals surface area contributed by atoms with E-state index >= 15 is 0 Å². The second kappa shape index (κ2) is 4.65. The Bertz CT molecular complexity index is 404. The van der Waals surface area contributed by atoms with Crippen LogP contribution in [0.4, 0.5) is 5.69 Å². The van der Waals surface area contributed by atoms with E-state index < -0.39 is 0 Å². The molecule has 2 aliphatic carbocycles. The number of hydrogen-bond acceptors (Lipinski definition) is 1. The van der Waals surface area contributed by atoms with E-state index in [9.17, 15) is 0 Å². The van der Waals surface area contributed by atoms with Gasteiger partial charge in [0.15, 0.2) is 5.11 Å². The van der Waals surface area contributed by atoms with Gasteiger partial charge < -0.3 is 10.6 Å². The predicted molar refractivity (Wildman–Crippen MR) is 75.0 cm³/mol. The molecule has 0 heterocycles. The van der Waals surface area contributed by atoms with Crippen molar-refractivity contribution in [1.82, 2.24) is 5.32 Å². The molecule has 2 aliphatic rings. The average molecular weight is 246 g/mol. The summed E-state index contributed by atoms with van der Waals surface area (Å²) in [5, 5.41) is 7.50. The highest BCUT2D eigenvalue weighted by molar-refractivity contribution is 7.80. The fraction of sp³-hybridized carbons (Fsp3) is 0.500. The summed E-state index contributed by atoms with van der Waals surface area (Å²) in [7, 11) is 0. The maximum absolute atomic E-state index is 5.37. The van der Waals surface area contributed by atoms with Crippen molar-refractivity contribution >= 4 is 23.0 Å². The highest BCUT2D eigenvalue weighted by atomic mass is 32.1. The maximum Gasteiger partial charge on any atom is 0.171 e. The molecule has 90 valence electrons. The summed E-state index contributed by atoms with van der Waals surface area (Å²) in [6, 6.07) is 10.7. The van der Waals surface area contributed by atoms with Gasteiger partial charge in [-0.05, 0) is 55.4 Å². The standard InChI is InChI=1S/C14H18N2S/c17-14(15-12-4-2-1-3-5-12)16-13-9-10-6-7-11(13)8-10/h1-5,10-11,13H,6-9H2,(H2,15,16,17). The van der Waals surface area contributed by atoms with Crippen molar-refractivity contribution in [2.75, 3.05) is 5.32 Å². The molecule has 0 aromatic heterocycles. The van der Waals surface area contributed by atoms with Crippen LogP contribution in [0.2, 0.25) is 0 Å². The van der Waals surface area contributed by atoms with E-state index in [4.69, 9.17) is 12.2 Å². The van der Waals surface area contributed by atoms with E-state index in [-0.39, 0.29) is 0 Å². The van der Waals surface area contributed by atoms with E-state index in [0.29, 0.717) is 6.04 Å². The minimum Gasteiger partial charge on any atom is -0.359 e. The summed E-state index contributed by atoms with van der Waals surface area (Å²) in [4.78, 5) is 0. The van der Waals surface area contributed by atoms with Gasteiger partial charge >= 0.3 is 0 Å². The third kappa shape index (κ3) is 2.44. The number of fused-ring (bicyclic) bond motifs is 2. The van der Waals surface area contributed by atoms with Gasteiger partial charge in [0.2, 0.25) is 0 Å². The maximum atomic E-state index is 5.37. The first-order chi connectivity index (χ1) is 8.31. The average Bonchev–Trinajstić information content (AvgIpc) is 2.92. The molecular weight excluding hydrogens is 228 g/mol. The molecule has 2 bridgehead atoms. The highest BCUT2D eigenvalue weighted by Crippen LogP contribution is 2.44. The molecule has 2 nitrogen and oxygen atoms in total. The molecule has 3 unspecified atom stereocenters. The molecule has 1 aromatic rings. The second-order valence-electron chi connectivity index (χ2n) is 5.25. The number of nitrogens with one attached hydrogen (secondary N) is 2. The van der Waals surface area contributed by atoms with Crippen LogP contribution in [0.3, 0.4) is 0 Å². The van der Waals surface area contributed by atoms with Crippen molar-refractivity contribution in [2.24, 2.45) is 11.8 Å². The van der Waals surface area contributed by atoms with Crippen molar-refractivity contribution in [1.29, 1.82) is 0 Å². The molecule has 3 atom stereocenters. The number of thiocarbonyl (C=S) groups is 1. The molecule has 1 aromatic carbocycles. The molecule has 0 aliphatic heterocycles. The van der Waals surface area contributed by atoms with Crippen LogP contribution < -0.4 is 10.6 Å². The Morgan fingerprint density at radius 2 is 1.94 bits per heavy atom. The molecule has 0 amide bonds. The Hall–Kier alpha value is -1.09. The summed E-state index contributed by atoms with van der Waals surface area (Å²) in [5.41, 5.74) is 1.06. The third-order valence-corrected chi connectivity index (χ3v) is 4.31. The van der Waals surface area contributed by atoms with E-state index in [1.165, 1.54) is 25.7 Å². The first kappa shape index (κ1) is 11.0. The minimum atomic E-state index is 0.609. The zero-order valence-corrected chi connectivity index (χ0v) is 10.7. The first-order valence-electron chi connectivity index (χ1n) is 6.44. The fourth-order valence-corrected chi connectivity index (χ4v) is 3.55. The molecular formula is C14H18N2S. The summed E-state index contributed by atoms with van der Waals surface area (Å²) in [6.07, 6.45) is 5.53. The molecule has 0 saturated heterocycles. The molecule has 2 saturated carbocycles. The van der Waals surface area contributed by atoms with Gasteiger partial charge in [-0.25, -0.2) is 0 Å². The zero-order valence-electron chi connectivity index (χ0n) is 9.86. The molecule has 0 radical (unpaired) electrons. The first-order valence-corrected chi connectivity index (χ1v) is 6.84. The number of para-hydroxylation sites is 1. The Balaban J connectivity index is 1.54. The van der Waals surface area contributed by atoms with Crippen LogP contribution in [-0.2, 0) is 0 Å². The van der Waals surface area contributed by atoms with Gasteiger partial charge in [0, 0.05) is 11.7 Å². The highest BCUT2D eigenvalue weighted by Gasteiger charge is 2.39. The number of rotatable bonds is 2. The molecule has 3 heteroatoms. The number of anilines is 1. The smallest absolute Gasteiger partial charge is 0.171 e. The minimum absolute atomic E-state index is 0.609. The molecule has 0 spiro atoms. The van der Waals surface area contributed by atoms with Crippen molar-refractivity contribution in [3.05, 3.63) is 30.3 Å². The van der Waals surface area contributed by atoms with E-state index in [2.05, 4.69) is 10.6 Å². The lowest BCUT2D eigenvalue weighted by Gasteiger charge is -2.24. The van der Waals surface area contributed by atoms with Crippen LogP contribution in [0.15, 0.2) is 30.3 Å². The van der Waals surface area contributed by atoms with E-state index in [1.54, 1.807) is 0 Å². The van der Waals surface area contributed by atoms with Crippen molar-refractivity contribution < 1.29 is 0 Å². The quantitative estimate of drug-likeness (QED) is 0.784. The summed E-state index contributed by atoms with van der Waals surface area (Å²) in [5.74, 6) is 1.81. The summed E-state index contributed by atoms with van der Waals surface area (Å²) in [6.45, 7) is 0. The molecule has 2 N–H and O–H groups in total. The van der Waals surface area contributed by atoms with Crippen LogP contribution >= 0.6 is 12.2 Å². The third-order valence-electron chi connectivity index (χ3n) is 4.09. The van der Waals surface area contributed by atoms with Crippen molar-refractivity contribution in [3.8, 4) is 0 Å². The van der Waals surface area contributed by atoms with Crippen LogP contribution in [0, 0.1) is 11.8 Å². The Morgan fingerprint density at radius 1 is 1.12 bits per heavy atom. The Labute approximate surface area is 108 Å². The van der Waals surface area contributed by atoms with E-state index in [0.717, 1.165) is 22.6 Å². The van der Waals surface area contributed by atoms with Gasteiger partial charge in [0.25, 0.3) is 0 Å². The van der Waals surface area contributed by atoms with Crippen molar-refractivity contribution in [2.45, 2.75) is 31.7 Å². The van der Waals surface area contributed by atoms with Crippen molar-refractivity contribution in [3.63, 3.8) is 0 Å². The largest absolute Gasteiger partial charge is 0.359 e. The predicted octanol–water partition coefficient (Wildman–Crippen LogP) is 3.16. The van der Waals surface area contributed by atoms with Crippen LogP contribution in [0.25, 0.3) is 0 Å². The van der Waals surface area contributed by atoms with Crippen LogP contribution in [0.5, 0.6) is 0 Å². The van der Waals surface area contributed by atoms with Gasteiger partial charge in [-0.1, -0.05) is 24.6 Å². The Kier molecular flexibility index (Phi) is 3.02. The van der Waals surface area contributed by atoms with Gasteiger partial charge in [0.05, 0.1) is 0 Å². The molecule has 3 rings (SSSR count). The second-order valence-corrected chi connectivity index (χ2v) is 5.65. The normalized spacial score (nSPS) is 30.2. The van der Waals surface area contributed by atoms with Crippen LogP contribution in [0.1, 0.15) is 25.7 Å². The molecule has 2 fully saturated rings. The number of benzene rings is 1. The van der Waals surface area contributed by atoms with E-state index in [1.807, 2.05) is 30.3 Å². The zero-order chi connectivity index (χ0) is 11.7. The topological polar surface area (TPSA) is 24.1 Å². The van der Waals surface area contributed by atoms with Crippen LogP contribution in [-0.4, -0.2) is 11.2 Å². The van der Waals surface area contributed by atoms with Gasteiger partial charge in [0.1, 0.15) is 0 Å². The van der Waals surface area contributed by atoms with Gasteiger partial charge in [-0.15, -0.1) is 0 Å². The fourth-order valence-electron chi connectivity index (χ4n) is 3.28. The lowest BCUT2D eigenvalue weighted by Crippen LogP contribution is -2.40. The Morgan fingerprint density at radius 3 is 2.59 bits per heavy atom. The molecule has 17 heavy (non-hydrogen) atoms. The lowest BCUT2D eigenvalue weighted by molar-refractivity contribution is 0.392. The monoisotopic (exact) mass is 246 g/mol. The summed E-state index contributed by atoms with van der Waals surface area (Å²) < 4.78 is 0. The number of hydrogen-bond donors (Lipinski definition) is 2. The van der Waals surface area contributed by atoms with Gasteiger partial charge in [-0.2, -0.15) is 0 Å². The lowest BCUT2D eigenvalue weighted by atomic mass is 9.96. The van der Waals surface area contributed by atoms with Gasteiger partial charge in [-0.3, -0.25) is 0 Å². The SMILES string of the molecule is S=C(Nc1ccccc1)NC1CC2CCC1C2. The summed E-state index contributed by atoms with van der Waals surface area (Å²) >= 11 is 5.37.